The maximum absolute atomic E-state index is 3.72. The number of unbranched alkanes of at least 4 members (excludes halogenated alkanes) is 5. The van der Waals surface area contributed by atoms with Crippen LogP contribution in [-0.2, 0) is 0 Å². The first-order valence-electron chi connectivity index (χ1n) is 6.47. The summed E-state index contributed by atoms with van der Waals surface area (Å²) in [5.74, 6) is 1.05. The molecule has 0 N–H and O–H groups in total. The SMILES string of the molecule is CCCCCCCC[C@H]1CCB(Br)C1. The van der Waals surface area contributed by atoms with Crippen LogP contribution in [0.3, 0.4) is 0 Å². The van der Waals surface area contributed by atoms with Gasteiger partial charge in [0.2, 0.25) is 5.54 Å². The standard InChI is InChI=1S/C12H24BBr/c1-2-3-4-5-6-7-8-12-9-10-13(14)11-12/h12H,2-11H2,1H3/t12-/m0/s1. The van der Waals surface area contributed by atoms with Gasteiger partial charge in [-0.3, -0.25) is 0 Å². The van der Waals surface area contributed by atoms with Crippen molar-refractivity contribution in [3.63, 3.8) is 0 Å². The van der Waals surface area contributed by atoms with E-state index >= 15 is 0 Å². The molecule has 2 heteroatoms. The molecule has 1 aliphatic rings. The van der Waals surface area contributed by atoms with Gasteiger partial charge in [0.05, 0.1) is 0 Å². The van der Waals surface area contributed by atoms with Crippen LogP contribution in [0, 0.1) is 5.92 Å². The third-order valence-electron chi connectivity index (χ3n) is 3.44. The van der Waals surface area contributed by atoms with Crippen LogP contribution in [-0.4, -0.2) is 5.54 Å². The van der Waals surface area contributed by atoms with E-state index in [-0.39, 0.29) is 0 Å². The largest absolute Gasteiger partial charge is 0.223 e. The van der Waals surface area contributed by atoms with Crippen molar-refractivity contribution in [2.75, 3.05) is 0 Å². The molecule has 0 aliphatic carbocycles. The minimum Gasteiger partial charge on any atom is -0.157 e. The lowest BCUT2D eigenvalue weighted by Crippen LogP contribution is -1.96. The minimum absolute atomic E-state index is 0.840. The molecular formula is C12H24BBr. The maximum atomic E-state index is 3.72. The Labute approximate surface area is 98.3 Å². The Hall–Kier alpha value is 0.545. The van der Waals surface area contributed by atoms with E-state index in [1.807, 2.05) is 0 Å². The molecule has 0 aromatic carbocycles. The van der Waals surface area contributed by atoms with Crippen molar-refractivity contribution in [3.8, 4) is 0 Å². The van der Waals surface area contributed by atoms with Crippen LogP contribution in [0.1, 0.15) is 58.3 Å². The number of halogens is 1. The molecule has 0 aromatic rings. The molecule has 1 heterocycles. The predicted octanol–water partition coefficient (Wildman–Crippen LogP) is 5.14. The van der Waals surface area contributed by atoms with Crippen LogP contribution in [0.4, 0.5) is 0 Å². The van der Waals surface area contributed by atoms with E-state index in [0.29, 0.717) is 0 Å². The third-order valence-corrected chi connectivity index (χ3v) is 4.27. The Morgan fingerprint density at radius 2 is 1.86 bits per heavy atom. The average molecular weight is 259 g/mol. The average Bonchev–Trinajstić information content (AvgIpc) is 2.58. The Morgan fingerprint density at radius 1 is 1.14 bits per heavy atom. The van der Waals surface area contributed by atoms with Gasteiger partial charge in [0.1, 0.15) is 0 Å². The van der Waals surface area contributed by atoms with Gasteiger partial charge < -0.3 is 0 Å². The number of hydrogen-bond donors (Lipinski definition) is 0. The van der Waals surface area contributed by atoms with E-state index in [1.54, 1.807) is 0 Å². The molecule has 1 rings (SSSR count). The maximum Gasteiger partial charge on any atom is 0.223 e. The molecule has 82 valence electrons. The fourth-order valence-electron chi connectivity index (χ4n) is 2.49. The molecule has 0 bridgehead atoms. The fourth-order valence-corrected chi connectivity index (χ4v) is 3.28. The highest BCUT2D eigenvalue weighted by molar-refractivity contribution is 9.24. The van der Waals surface area contributed by atoms with Crippen LogP contribution in [0.2, 0.25) is 12.6 Å². The third kappa shape index (κ3) is 5.43. The summed E-state index contributed by atoms with van der Waals surface area (Å²) in [6, 6.07) is 0. The van der Waals surface area contributed by atoms with Gasteiger partial charge in [-0.2, -0.15) is 15.8 Å². The van der Waals surface area contributed by atoms with Crippen molar-refractivity contribution in [3.05, 3.63) is 0 Å². The molecule has 0 nitrogen and oxygen atoms in total. The topological polar surface area (TPSA) is 0 Å². The summed E-state index contributed by atoms with van der Waals surface area (Å²) in [6.07, 6.45) is 14.5. The summed E-state index contributed by atoms with van der Waals surface area (Å²) in [5, 5.41) is 0. The molecule has 1 saturated heterocycles. The van der Waals surface area contributed by atoms with Crippen molar-refractivity contribution in [2.45, 2.75) is 70.9 Å². The highest BCUT2D eigenvalue weighted by Crippen LogP contribution is 2.33. The Balaban J connectivity index is 1.84. The van der Waals surface area contributed by atoms with Crippen molar-refractivity contribution >= 4 is 21.3 Å². The smallest absolute Gasteiger partial charge is 0.157 e. The first-order valence-corrected chi connectivity index (χ1v) is 7.38. The summed E-state index contributed by atoms with van der Waals surface area (Å²) in [6.45, 7) is 2.29. The molecule has 0 saturated carbocycles. The van der Waals surface area contributed by atoms with Crippen LogP contribution in [0.25, 0.3) is 0 Å². The molecule has 0 unspecified atom stereocenters. The first-order chi connectivity index (χ1) is 6.83. The normalized spacial score (nSPS) is 21.9. The second kappa shape index (κ2) is 7.79. The Kier molecular flexibility index (Phi) is 7.02. The lowest BCUT2D eigenvalue weighted by Gasteiger charge is -2.08. The van der Waals surface area contributed by atoms with Gasteiger partial charge in [0.15, 0.2) is 0 Å². The van der Waals surface area contributed by atoms with Crippen molar-refractivity contribution in [2.24, 2.45) is 5.92 Å². The minimum atomic E-state index is 0.840. The molecule has 1 atom stereocenters. The Bertz CT molecular complexity index is 138. The summed E-state index contributed by atoms with van der Waals surface area (Å²) < 4.78 is 0. The quantitative estimate of drug-likeness (QED) is 0.438. The molecule has 14 heavy (non-hydrogen) atoms. The molecule has 0 radical (unpaired) electrons. The van der Waals surface area contributed by atoms with Gasteiger partial charge in [-0.25, -0.2) is 0 Å². The lowest BCUT2D eigenvalue weighted by atomic mass is 9.75. The lowest BCUT2D eigenvalue weighted by molar-refractivity contribution is 0.486. The second-order valence-electron chi connectivity index (χ2n) is 4.83. The van der Waals surface area contributed by atoms with E-state index < -0.39 is 0 Å². The van der Waals surface area contributed by atoms with E-state index in [9.17, 15) is 0 Å². The summed E-state index contributed by atoms with van der Waals surface area (Å²) in [4.78, 5) is 0. The zero-order chi connectivity index (χ0) is 10.2. The zero-order valence-corrected chi connectivity index (χ0v) is 11.2. The van der Waals surface area contributed by atoms with Crippen molar-refractivity contribution in [1.29, 1.82) is 0 Å². The molecule has 1 aliphatic heterocycles. The predicted molar refractivity (Wildman–Crippen MR) is 70.4 cm³/mol. The van der Waals surface area contributed by atoms with Gasteiger partial charge in [0.25, 0.3) is 0 Å². The van der Waals surface area contributed by atoms with Crippen molar-refractivity contribution in [1.82, 2.24) is 0 Å². The van der Waals surface area contributed by atoms with Gasteiger partial charge in [-0.05, 0) is 5.92 Å². The van der Waals surface area contributed by atoms with Gasteiger partial charge >= 0.3 is 0 Å². The van der Waals surface area contributed by atoms with Crippen LogP contribution in [0.5, 0.6) is 0 Å². The second-order valence-corrected chi connectivity index (χ2v) is 6.13. The first kappa shape index (κ1) is 12.6. The molecule has 0 amide bonds. The van der Waals surface area contributed by atoms with Gasteiger partial charge in [0, 0.05) is 0 Å². The highest BCUT2D eigenvalue weighted by atomic mass is 79.9. The fraction of sp³-hybridized carbons (Fsp3) is 1.00. The van der Waals surface area contributed by atoms with Crippen molar-refractivity contribution < 1.29 is 0 Å². The van der Waals surface area contributed by atoms with E-state index in [0.717, 1.165) is 11.5 Å². The van der Waals surface area contributed by atoms with Crippen LogP contribution < -0.4 is 0 Å². The summed E-state index contributed by atoms with van der Waals surface area (Å²) >= 11 is 3.72. The number of hydrogen-bond acceptors (Lipinski definition) is 0. The van der Waals surface area contributed by atoms with Gasteiger partial charge in [-0.1, -0.05) is 70.9 Å². The molecule has 1 fully saturated rings. The summed E-state index contributed by atoms with van der Waals surface area (Å²) in [7, 11) is 0. The van der Waals surface area contributed by atoms with Crippen LogP contribution >= 0.6 is 15.8 Å². The van der Waals surface area contributed by atoms with Crippen LogP contribution in [0.15, 0.2) is 0 Å². The summed E-state index contributed by atoms with van der Waals surface area (Å²) in [5.41, 5.74) is 0.840. The zero-order valence-electron chi connectivity index (χ0n) is 9.60. The molecule has 0 aromatic heterocycles. The molecule has 0 spiro atoms. The number of rotatable bonds is 7. The van der Waals surface area contributed by atoms with E-state index in [4.69, 9.17) is 0 Å². The monoisotopic (exact) mass is 258 g/mol. The Morgan fingerprint density at radius 3 is 2.50 bits per heavy atom. The molecular weight excluding hydrogens is 235 g/mol. The highest BCUT2D eigenvalue weighted by Gasteiger charge is 2.24. The van der Waals surface area contributed by atoms with E-state index in [1.165, 1.54) is 64.0 Å². The van der Waals surface area contributed by atoms with E-state index in [2.05, 4.69) is 22.7 Å². The van der Waals surface area contributed by atoms with Gasteiger partial charge in [-0.15, -0.1) is 0 Å².